The van der Waals surface area contributed by atoms with E-state index in [-0.39, 0.29) is 12.0 Å². The predicted octanol–water partition coefficient (Wildman–Crippen LogP) is 0.0302. The Morgan fingerprint density at radius 1 is 1.58 bits per heavy atom. The van der Waals surface area contributed by atoms with E-state index in [1.807, 2.05) is 0 Å². The van der Waals surface area contributed by atoms with E-state index in [9.17, 15) is 4.79 Å². The number of guanidine groups is 1. The van der Waals surface area contributed by atoms with Crippen LogP contribution in [0.5, 0.6) is 0 Å². The molecule has 12 heavy (non-hydrogen) atoms. The molecule has 2 amide bonds. The molecule has 0 radical (unpaired) electrons. The molecule has 0 spiro atoms. The lowest BCUT2D eigenvalue weighted by Crippen LogP contribution is -2.42. The summed E-state index contributed by atoms with van der Waals surface area (Å²) in [5, 5.41) is 4.74. The zero-order valence-corrected chi connectivity index (χ0v) is 7.55. The maximum absolute atomic E-state index is 10.7. The molecule has 0 atom stereocenters. The molecule has 0 unspecified atom stereocenters. The Kier molecular flexibility index (Phi) is 5.77. The van der Waals surface area contributed by atoms with Crippen LogP contribution in [0.15, 0.2) is 4.99 Å². The number of rotatable bonds is 3. The lowest BCUT2D eigenvalue weighted by atomic mass is 10.3. The van der Waals surface area contributed by atoms with Crippen LogP contribution >= 0.6 is 0 Å². The van der Waals surface area contributed by atoms with Crippen molar-refractivity contribution >= 4 is 12.0 Å². The molecule has 0 saturated carbocycles. The monoisotopic (exact) mass is 172 g/mol. The van der Waals surface area contributed by atoms with Crippen LogP contribution in [0.2, 0.25) is 0 Å². The minimum Gasteiger partial charge on any atom is -0.370 e. The Bertz CT molecular complexity index is 167. The maximum atomic E-state index is 10.7. The third-order valence-corrected chi connectivity index (χ3v) is 1.26. The lowest BCUT2D eigenvalue weighted by molar-refractivity contribution is 0.247. The Balaban J connectivity index is 3.62. The molecule has 0 heterocycles. The van der Waals surface area contributed by atoms with Gasteiger partial charge in [-0.25, -0.2) is 4.79 Å². The van der Waals surface area contributed by atoms with Crippen molar-refractivity contribution in [2.75, 3.05) is 13.6 Å². The molecule has 0 aromatic rings. The first-order valence-electron chi connectivity index (χ1n) is 3.99. The van der Waals surface area contributed by atoms with Crippen molar-refractivity contribution in [3.05, 3.63) is 0 Å². The molecular weight excluding hydrogens is 156 g/mol. The van der Waals surface area contributed by atoms with E-state index in [1.165, 1.54) is 7.05 Å². The number of carbonyl (C=O) groups excluding carboxylic acids is 1. The van der Waals surface area contributed by atoms with Crippen molar-refractivity contribution in [2.24, 2.45) is 10.7 Å². The van der Waals surface area contributed by atoms with Gasteiger partial charge in [-0.2, -0.15) is 0 Å². The second kappa shape index (κ2) is 6.45. The van der Waals surface area contributed by atoms with E-state index in [0.29, 0.717) is 6.54 Å². The molecule has 0 bridgehead atoms. The first kappa shape index (κ1) is 10.7. The Morgan fingerprint density at radius 3 is 2.75 bits per heavy atom. The molecule has 0 aromatic carbocycles. The molecule has 70 valence electrons. The van der Waals surface area contributed by atoms with Crippen molar-refractivity contribution in [3.8, 4) is 0 Å². The second-order valence-electron chi connectivity index (χ2n) is 2.32. The van der Waals surface area contributed by atoms with Crippen molar-refractivity contribution in [3.63, 3.8) is 0 Å². The topological polar surface area (TPSA) is 79.5 Å². The van der Waals surface area contributed by atoms with Gasteiger partial charge in [0.1, 0.15) is 0 Å². The van der Waals surface area contributed by atoms with Gasteiger partial charge in [-0.3, -0.25) is 10.3 Å². The lowest BCUT2D eigenvalue weighted by Gasteiger charge is -2.02. The van der Waals surface area contributed by atoms with Crippen LogP contribution in [0.25, 0.3) is 0 Å². The molecule has 5 nitrogen and oxygen atoms in total. The number of carbonyl (C=O) groups is 1. The third kappa shape index (κ3) is 5.52. The number of unbranched alkanes of at least 4 members (excludes halogenated alkanes) is 1. The largest absolute Gasteiger partial charge is 0.370 e. The standard InChI is InChI=1S/C7H16N4O/c1-3-4-5-10-6(8)11-7(12)9-2/h3-5H2,1-2H3,(H4,8,9,10,11,12). The highest BCUT2D eigenvalue weighted by atomic mass is 16.2. The van der Waals surface area contributed by atoms with Crippen LogP contribution in [0.3, 0.4) is 0 Å². The van der Waals surface area contributed by atoms with Gasteiger partial charge >= 0.3 is 6.03 Å². The fraction of sp³-hybridized carbons (Fsp3) is 0.714. The van der Waals surface area contributed by atoms with Crippen LogP contribution < -0.4 is 16.4 Å². The van der Waals surface area contributed by atoms with Crippen molar-refractivity contribution < 1.29 is 4.79 Å². The van der Waals surface area contributed by atoms with Gasteiger partial charge in [0.2, 0.25) is 0 Å². The number of nitrogens with one attached hydrogen (secondary N) is 2. The first-order valence-corrected chi connectivity index (χ1v) is 3.99. The van der Waals surface area contributed by atoms with E-state index < -0.39 is 0 Å². The van der Waals surface area contributed by atoms with Crippen LogP contribution in [0, 0.1) is 0 Å². The summed E-state index contributed by atoms with van der Waals surface area (Å²) in [6.07, 6.45) is 2.05. The molecule has 0 aromatic heterocycles. The van der Waals surface area contributed by atoms with Crippen LogP contribution in [0.4, 0.5) is 4.79 Å². The number of hydrogen-bond donors (Lipinski definition) is 3. The van der Waals surface area contributed by atoms with Gasteiger partial charge in [-0.05, 0) is 6.42 Å². The number of nitrogens with two attached hydrogens (primary N) is 1. The normalized spacial score (nSPS) is 11.0. The van der Waals surface area contributed by atoms with Crippen molar-refractivity contribution in [1.29, 1.82) is 0 Å². The highest BCUT2D eigenvalue weighted by molar-refractivity contribution is 5.95. The van der Waals surface area contributed by atoms with Gasteiger partial charge < -0.3 is 11.1 Å². The summed E-state index contributed by atoms with van der Waals surface area (Å²) >= 11 is 0. The van der Waals surface area contributed by atoms with Gasteiger partial charge in [0, 0.05) is 13.6 Å². The van der Waals surface area contributed by atoms with E-state index in [1.54, 1.807) is 0 Å². The number of hydrogen-bond acceptors (Lipinski definition) is 2. The van der Waals surface area contributed by atoms with Crippen LogP contribution in [0.1, 0.15) is 19.8 Å². The molecular formula is C7H16N4O. The van der Waals surface area contributed by atoms with Gasteiger partial charge in [0.05, 0.1) is 0 Å². The summed E-state index contributed by atoms with van der Waals surface area (Å²) in [5.74, 6) is 0.169. The summed E-state index contributed by atoms with van der Waals surface area (Å²) in [6, 6.07) is -0.340. The predicted molar refractivity (Wildman–Crippen MR) is 49.0 cm³/mol. The minimum atomic E-state index is -0.340. The molecule has 0 rings (SSSR count). The average Bonchev–Trinajstić information content (AvgIpc) is 2.05. The molecule has 4 N–H and O–H groups in total. The van der Waals surface area contributed by atoms with E-state index in [2.05, 4.69) is 22.5 Å². The van der Waals surface area contributed by atoms with Crippen LogP contribution in [-0.4, -0.2) is 25.6 Å². The number of nitrogens with zero attached hydrogens (tertiary/aromatic N) is 1. The fourth-order valence-corrected chi connectivity index (χ4v) is 0.576. The van der Waals surface area contributed by atoms with Gasteiger partial charge in [-0.15, -0.1) is 0 Å². The molecule has 5 heteroatoms. The van der Waals surface area contributed by atoms with E-state index in [0.717, 1.165) is 12.8 Å². The molecule has 0 aliphatic rings. The number of urea groups is 1. The van der Waals surface area contributed by atoms with Crippen molar-refractivity contribution in [2.45, 2.75) is 19.8 Å². The number of aliphatic imine (C=N–C) groups is 1. The Labute approximate surface area is 72.4 Å². The van der Waals surface area contributed by atoms with E-state index >= 15 is 0 Å². The van der Waals surface area contributed by atoms with Gasteiger partial charge in [0.15, 0.2) is 5.96 Å². The minimum absolute atomic E-state index is 0.169. The number of amides is 2. The molecule has 0 aliphatic carbocycles. The average molecular weight is 172 g/mol. The summed E-state index contributed by atoms with van der Waals surface area (Å²) in [4.78, 5) is 14.6. The van der Waals surface area contributed by atoms with Gasteiger partial charge in [0.25, 0.3) is 0 Å². The van der Waals surface area contributed by atoms with Crippen LogP contribution in [-0.2, 0) is 0 Å². The fourth-order valence-electron chi connectivity index (χ4n) is 0.576. The molecule has 0 aliphatic heterocycles. The van der Waals surface area contributed by atoms with Gasteiger partial charge in [-0.1, -0.05) is 13.3 Å². The highest BCUT2D eigenvalue weighted by Gasteiger charge is 1.96. The summed E-state index contributed by atoms with van der Waals surface area (Å²) in [6.45, 7) is 2.73. The second-order valence-corrected chi connectivity index (χ2v) is 2.32. The zero-order chi connectivity index (χ0) is 9.40. The van der Waals surface area contributed by atoms with Crippen molar-refractivity contribution in [1.82, 2.24) is 10.6 Å². The highest BCUT2D eigenvalue weighted by Crippen LogP contribution is 1.85. The zero-order valence-electron chi connectivity index (χ0n) is 7.55. The smallest absolute Gasteiger partial charge is 0.321 e. The quantitative estimate of drug-likeness (QED) is 0.319. The summed E-state index contributed by atoms with van der Waals surface area (Å²) in [5.41, 5.74) is 5.37. The summed E-state index contributed by atoms with van der Waals surface area (Å²) < 4.78 is 0. The van der Waals surface area contributed by atoms with E-state index in [4.69, 9.17) is 5.73 Å². The molecule has 0 saturated heterocycles. The first-order chi connectivity index (χ1) is 5.70. The SMILES string of the molecule is CCCCN=C(N)NC(=O)NC. The Hall–Kier alpha value is -1.26. The third-order valence-electron chi connectivity index (χ3n) is 1.26. The molecule has 0 fully saturated rings. The summed E-state index contributed by atoms with van der Waals surface area (Å²) in [7, 11) is 1.52. The Morgan fingerprint density at radius 2 is 2.25 bits per heavy atom. The maximum Gasteiger partial charge on any atom is 0.321 e.